The van der Waals surface area contributed by atoms with Gasteiger partial charge in [0.05, 0.1) is 5.75 Å². The Morgan fingerprint density at radius 1 is 1.28 bits per heavy atom. The number of hydrogen-bond acceptors (Lipinski definition) is 2. The molecule has 6 heteroatoms. The Morgan fingerprint density at radius 3 is 2.33 bits per heavy atom. The summed E-state index contributed by atoms with van der Waals surface area (Å²) in [7, 11) is -3.38. The van der Waals surface area contributed by atoms with Gasteiger partial charge in [-0.25, -0.2) is 17.5 Å². The van der Waals surface area contributed by atoms with Crippen molar-refractivity contribution >= 4 is 21.6 Å². The van der Waals surface area contributed by atoms with Gasteiger partial charge in [-0.05, 0) is 30.5 Å². The van der Waals surface area contributed by atoms with E-state index in [2.05, 4.69) is 4.72 Å². The molecular formula is C12H17ClFNO2S. The maximum atomic E-state index is 12.8. The van der Waals surface area contributed by atoms with Gasteiger partial charge in [-0.3, -0.25) is 0 Å². The highest BCUT2D eigenvalue weighted by atomic mass is 35.5. The topological polar surface area (TPSA) is 46.2 Å². The minimum Gasteiger partial charge on any atom is -0.212 e. The molecule has 18 heavy (non-hydrogen) atoms. The zero-order valence-electron chi connectivity index (χ0n) is 10.4. The summed E-state index contributed by atoms with van der Waals surface area (Å²) in [5.74, 6) is -0.164. The molecule has 1 unspecified atom stereocenters. The Morgan fingerprint density at radius 2 is 1.83 bits per heavy atom. The standard InChI is InChI=1S/C12H17ClFNO2S/c1-9(7-13)8-18(16,17)15-10(2)11-3-5-12(14)6-4-11/h3-6,9-10,15H,7-8H2,1-2H3/t9?,10-/m1/s1. The van der Waals surface area contributed by atoms with Gasteiger partial charge in [-0.2, -0.15) is 0 Å². The van der Waals surface area contributed by atoms with E-state index in [0.29, 0.717) is 5.88 Å². The van der Waals surface area contributed by atoms with E-state index in [1.807, 2.05) is 0 Å². The van der Waals surface area contributed by atoms with Crippen molar-refractivity contribution in [2.24, 2.45) is 5.92 Å². The molecule has 0 saturated carbocycles. The van der Waals surface area contributed by atoms with Gasteiger partial charge in [0.1, 0.15) is 5.82 Å². The van der Waals surface area contributed by atoms with Gasteiger partial charge >= 0.3 is 0 Å². The number of halogens is 2. The third-order valence-corrected chi connectivity index (χ3v) is 4.74. The van der Waals surface area contributed by atoms with Crippen LogP contribution in [-0.4, -0.2) is 20.1 Å². The first-order valence-electron chi connectivity index (χ1n) is 5.65. The number of rotatable bonds is 6. The summed E-state index contributed by atoms with van der Waals surface area (Å²) in [6.07, 6.45) is 0. The predicted molar refractivity (Wildman–Crippen MR) is 71.6 cm³/mol. The van der Waals surface area contributed by atoms with Crippen LogP contribution in [0.1, 0.15) is 25.5 Å². The summed E-state index contributed by atoms with van der Waals surface area (Å²) in [6.45, 7) is 3.49. The molecule has 0 saturated heterocycles. The molecule has 3 nitrogen and oxygen atoms in total. The van der Waals surface area contributed by atoms with Crippen molar-refractivity contribution in [1.29, 1.82) is 0 Å². The third kappa shape index (κ3) is 4.92. The van der Waals surface area contributed by atoms with Crippen LogP contribution in [0, 0.1) is 11.7 Å². The average Bonchev–Trinajstić information content (AvgIpc) is 2.28. The van der Waals surface area contributed by atoms with Gasteiger partial charge in [0.15, 0.2) is 0 Å². The molecule has 0 heterocycles. The van der Waals surface area contributed by atoms with Crippen LogP contribution in [0.3, 0.4) is 0 Å². The maximum Gasteiger partial charge on any atom is 0.212 e. The number of benzene rings is 1. The lowest BCUT2D eigenvalue weighted by atomic mass is 10.1. The van der Waals surface area contributed by atoms with Crippen LogP contribution in [0.4, 0.5) is 4.39 Å². The van der Waals surface area contributed by atoms with E-state index in [1.165, 1.54) is 12.1 Å². The van der Waals surface area contributed by atoms with E-state index >= 15 is 0 Å². The summed E-state index contributed by atoms with van der Waals surface area (Å²) in [5, 5.41) is 0. The summed E-state index contributed by atoms with van der Waals surface area (Å²) in [4.78, 5) is 0. The predicted octanol–water partition coefficient (Wildman–Crippen LogP) is 2.68. The smallest absolute Gasteiger partial charge is 0.212 e. The van der Waals surface area contributed by atoms with E-state index in [4.69, 9.17) is 11.6 Å². The van der Waals surface area contributed by atoms with Crippen molar-refractivity contribution < 1.29 is 12.8 Å². The monoisotopic (exact) mass is 293 g/mol. The van der Waals surface area contributed by atoms with Crippen molar-refractivity contribution in [3.63, 3.8) is 0 Å². The summed E-state index contributed by atoms with van der Waals surface area (Å²) in [5.41, 5.74) is 0.721. The van der Waals surface area contributed by atoms with Crippen LogP contribution >= 0.6 is 11.6 Å². The summed E-state index contributed by atoms with van der Waals surface area (Å²) in [6, 6.07) is 5.35. The van der Waals surface area contributed by atoms with Gasteiger partial charge in [-0.1, -0.05) is 19.1 Å². The van der Waals surface area contributed by atoms with Crippen molar-refractivity contribution in [3.05, 3.63) is 35.6 Å². The molecule has 0 aliphatic rings. The Kier molecular flexibility index (Phi) is 5.56. The largest absolute Gasteiger partial charge is 0.212 e. The van der Waals surface area contributed by atoms with E-state index in [1.54, 1.807) is 26.0 Å². The Labute approximate surface area is 112 Å². The summed E-state index contributed by atoms with van der Waals surface area (Å²) < 4.78 is 38.9. The first kappa shape index (κ1) is 15.4. The molecule has 0 radical (unpaired) electrons. The second-order valence-corrected chi connectivity index (χ2v) is 6.54. The van der Waals surface area contributed by atoms with Crippen LogP contribution in [-0.2, 0) is 10.0 Å². The van der Waals surface area contributed by atoms with Crippen LogP contribution in [0.15, 0.2) is 24.3 Å². The molecular weight excluding hydrogens is 277 g/mol. The van der Waals surface area contributed by atoms with Crippen LogP contribution < -0.4 is 4.72 Å². The molecule has 2 atom stereocenters. The lowest BCUT2D eigenvalue weighted by Gasteiger charge is -2.16. The molecule has 0 fully saturated rings. The highest BCUT2D eigenvalue weighted by Crippen LogP contribution is 2.15. The van der Waals surface area contributed by atoms with Crippen LogP contribution in [0.25, 0.3) is 0 Å². The first-order valence-corrected chi connectivity index (χ1v) is 7.84. The van der Waals surface area contributed by atoms with Crippen LogP contribution in [0.2, 0.25) is 0 Å². The van der Waals surface area contributed by atoms with Gasteiger partial charge in [0.25, 0.3) is 0 Å². The summed E-state index contributed by atoms with van der Waals surface area (Å²) >= 11 is 5.60. The van der Waals surface area contributed by atoms with Crippen molar-refractivity contribution in [2.45, 2.75) is 19.9 Å². The molecule has 102 valence electrons. The maximum absolute atomic E-state index is 12.8. The molecule has 0 aromatic heterocycles. The number of alkyl halides is 1. The van der Waals surface area contributed by atoms with Gasteiger partial charge < -0.3 is 0 Å². The number of nitrogens with one attached hydrogen (secondary N) is 1. The highest BCUT2D eigenvalue weighted by Gasteiger charge is 2.18. The van der Waals surface area contributed by atoms with Gasteiger partial charge in [-0.15, -0.1) is 11.6 Å². The average molecular weight is 294 g/mol. The van der Waals surface area contributed by atoms with E-state index in [-0.39, 0.29) is 17.5 Å². The fourth-order valence-electron chi connectivity index (χ4n) is 1.56. The molecule has 1 aromatic rings. The third-order valence-electron chi connectivity index (χ3n) is 2.49. The normalized spacial score (nSPS) is 15.3. The lowest BCUT2D eigenvalue weighted by molar-refractivity contribution is 0.555. The molecule has 0 bridgehead atoms. The second kappa shape index (κ2) is 6.50. The number of hydrogen-bond donors (Lipinski definition) is 1. The van der Waals surface area contributed by atoms with Crippen molar-refractivity contribution in [1.82, 2.24) is 4.72 Å². The first-order chi connectivity index (χ1) is 8.34. The minimum absolute atomic E-state index is 0.0119. The van der Waals surface area contributed by atoms with Gasteiger partial charge in [0, 0.05) is 11.9 Å². The number of sulfonamides is 1. The quantitative estimate of drug-likeness (QED) is 0.820. The highest BCUT2D eigenvalue weighted by molar-refractivity contribution is 7.89. The fourth-order valence-corrected chi connectivity index (χ4v) is 3.43. The van der Waals surface area contributed by atoms with E-state index in [0.717, 1.165) is 5.56 Å². The molecule has 1 N–H and O–H groups in total. The molecule has 0 amide bonds. The SMILES string of the molecule is CC(CCl)CS(=O)(=O)N[C@H](C)c1ccc(F)cc1. The van der Waals surface area contributed by atoms with E-state index in [9.17, 15) is 12.8 Å². The molecule has 0 aliphatic heterocycles. The van der Waals surface area contributed by atoms with Crippen molar-refractivity contribution in [3.8, 4) is 0 Å². The van der Waals surface area contributed by atoms with Crippen LogP contribution in [0.5, 0.6) is 0 Å². The molecule has 1 rings (SSSR count). The minimum atomic E-state index is -3.38. The van der Waals surface area contributed by atoms with E-state index < -0.39 is 16.1 Å². The molecule has 1 aromatic carbocycles. The fraction of sp³-hybridized carbons (Fsp3) is 0.500. The molecule has 0 aliphatic carbocycles. The zero-order chi connectivity index (χ0) is 13.8. The zero-order valence-corrected chi connectivity index (χ0v) is 11.9. The lowest BCUT2D eigenvalue weighted by Crippen LogP contribution is -2.31. The molecule has 0 spiro atoms. The second-order valence-electron chi connectivity index (χ2n) is 4.43. The van der Waals surface area contributed by atoms with Crippen molar-refractivity contribution in [2.75, 3.05) is 11.6 Å². The van der Waals surface area contributed by atoms with Gasteiger partial charge in [0.2, 0.25) is 10.0 Å². The Balaban J connectivity index is 2.69. The Hall–Kier alpha value is -0.650. The Bertz CT molecular complexity index is 475.